The van der Waals surface area contributed by atoms with Crippen LogP contribution in [-0.2, 0) is 28.3 Å². The number of aromatic nitrogens is 2. The fourth-order valence-electron chi connectivity index (χ4n) is 5.48. The normalized spacial score (nSPS) is 21.5. The van der Waals surface area contributed by atoms with E-state index < -0.39 is 11.6 Å². The van der Waals surface area contributed by atoms with Crippen molar-refractivity contribution in [1.82, 2.24) is 19.5 Å². The number of cyclic esters (lactones) is 1. The van der Waals surface area contributed by atoms with Gasteiger partial charge in [0.25, 0.3) is 5.56 Å². The molecule has 0 spiro atoms. The Morgan fingerprint density at radius 1 is 1.19 bits per heavy atom. The molecule has 1 aromatic carbocycles. The Balaban J connectivity index is 1.57. The van der Waals surface area contributed by atoms with E-state index in [1.54, 1.807) is 11.5 Å². The van der Waals surface area contributed by atoms with E-state index in [1.807, 2.05) is 35.5 Å². The molecule has 3 N–H and O–H groups in total. The Hall–Kier alpha value is -3.76. The van der Waals surface area contributed by atoms with Crippen molar-refractivity contribution in [3.05, 3.63) is 56.9 Å². The quantitative estimate of drug-likeness (QED) is 0.326. The van der Waals surface area contributed by atoms with Gasteiger partial charge in [-0.15, -0.1) is 0 Å². The number of likely N-dealkylation sites (N-methyl/N-ethyl adjacent to an activating group) is 1. The van der Waals surface area contributed by atoms with Crippen molar-refractivity contribution in [3.8, 4) is 11.4 Å². The van der Waals surface area contributed by atoms with Crippen LogP contribution in [0.4, 0.5) is 5.69 Å². The predicted octanol–water partition coefficient (Wildman–Crippen LogP) is 1.24. The molecule has 3 aliphatic rings. The molecule has 0 aliphatic carbocycles. The first kappa shape index (κ1) is 22.7. The van der Waals surface area contributed by atoms with Crippen LogP contribution >= 0.6 is 0 Å². The third kappa shape index (κ3) is 3.17. The van der Waals surface area contributed by atoms with Gasteiger partial charge >= 0.3 is 5.97 Å². The molecule has 0 bridgehead atoms. The van der Waals surface area contributed by atoms with Crippen molar-refractivity contribution < 1.29 is 14.6 Å². The Morgan fingerprint density at radius 2 is 1.94 bits per heavy atom. The fraction of sp³-hybridized carbons (Fsp3) is 0.385. The molecule has 36 heavy (non-hydrogen) atoms. The summed E-state index contributed by atoms with van der Waals surface area (Å²) in [5.74, 6) is -0.793. The number of esters is 1. The maximum Gasteiger partial charge on any atom is 0.343 e. The van der Waals surface area contributed by atoms with Gasteiger partial charge in [0.05, 0.1) is 40.9 Å². The first-order chi connectivity index (χ1) is 17.3. The SMILES string of the molecule is CC[C@@]1(O)C(=O)OCc2c1c(N)c1n(c2=O)Cc2c-1nc1ccccc1c2C=NN1CCN(C)CC1. The minimum absolute atomic E-state index is 0.0346. The lowest BCUT2D eigenvalue weighted by molar-refractivity contribution is -0.172. The first-order valence-electron chi connectivity index (χ1n) is 12.2. The molecule has 0 unspecified atom stereocenters. The summed E-state index contributed by atoms with van der Waals surface area (Å²) < 4.78 is 6.76. The molecule has 1 fully saturated rings. The maximum atomic E-state index is 13.6. The number of aliphatic hydroxyl groups is 1. The highest BCUT2D eigenvalue weighted by Crippen LogP contribution is 2.44. The van der Waals surface area contributed by atoms with Crippen LogP contribution in [0.5, 0.6) is 0 Å². The summed E-state index contributed by atoms with van der Waals surface area (Å²) >= 11 is 0. The number of ether oxygens (including phenoxy) is 1. The van der Waals surface area contributed by atoms with E-state index in [0.29, 0.717) is 11.4 Å². The first-order valence-corrected chi connectivity index (χ1v) is 12.2. The number of anilines is 1. The minimum atomic E-state index is -1.97. The van der Waals surface area contributed by atoms with Crippen LogP contribution in [0.1, 0.15) is 35.6 Å². The number of rotatable bonds is 3. The predicted molar refractivity (Wildman–Crippen MR) is 136 cm³/mol. The molecule has 2 aromatic heterocycles. The zero-order valence-electron chi connectivity index (χ0n) is 20.3. The molecule has 3 aliphatic heterocycles. The molecule has 186 valence electrons. The summed E-state index contributed by atoms with van der Waals surface area (Å²) in [6, 6.07) is 7.77. The number of nitrogen functional groups attached to an aromatic ring is 1. The van der Waals surface area contributed by atoms with Crippen molar-refractivity contribution in [3.63, 3.8) is 0 Å². The highest BCUT2D eigenvalue weighted by atomic mass is 16.6. The largest absolute Gasteiger partial charge is 0.458 e. The second kappa shape index (κ2) is 8.14. The van der Waals surface area contributed by atoms with Gasteiger partial charge in [0.2, 0.25) is 0 Å². The number of para-hydroxylation sites is 1. The molecule has 5 heterocycles. The number of pyridine rings is 2. The van der Waals surface area contributed by atoms with Gasteiger partial charge in [0, 0.05) is 48.3 Å². The monoisotopic (exact) mass is 488 g/mol. The van der Waals surface area contributed by atoms with Crippen molar-refractivity contribution >= 4 is 28.8 Å². The number of nitrogens with zero attached hydrogens (tertiary/aromatic N) is 5. The molecule has 10 heteroatoms. The topological polar surface area (TPSA) is 126 Å². The van der Waals surface area contributed by atoms with Crippen LogP contribution in [0.3, 0.4) is 0 Å². The Labute approximate surface area is 207 Å². The highest BCUT2D eigenvalue weighted by molar-refractivity contribution is 6.03. The van der Waals surface area contributed by atoms with E-state index in [4.69, 9.17) is 20.6 Å². The van der Waals surface area contributed by atoms with Gasteiger partial charge in [-0.25, -0.2) is 9.78 Å². The second-order valence-electron chi connectivity index (χ2n) is 9.67. The molecule has 6 rings (SSSR count). The molecule has 1 atom stereocenters. The fourth-order valence-corrected chi connectivity index (χ4v) is 5.48. The van der Waals surface area contributed by atoms with E-state index in [0.717, 1.165) is 48.2 Å². The zero-order chi connectivity index (χ0) is 25.2. The van der Waals surface area contributed by atoms with E-state index in [2.05, 4.69) is 11.9 Å². The Kier molecular flexibility index (Phi) is 5.13. The lowest BCUT2D eigenvalue weighted by atomic mass is 9.84. The van der Waals surface area contributed by atoms with Crippen molar-refractivity contribution in [2.45, 2.75) is 32.1 Å². The van der Waals surface area contributed by atoms with Crippen LogP contribution < -0.4 is 11.3 Å². The standard InChI is InChI=1S/C26H28N6O4/c1-3-26(35)20-18(14-36-25(26)34)24(33)32-13-17-16(12-28-31-10-8-30(2)9-11-31)15-6-4-5-7-19(15)29-22(17)23(32)21(20)27/h4-7,12,35H,3,8-11,13-14,27H2,1-2H3/t26-/m0/s1. The number of piperazine rings is 1. The number of benzene rings is 1. The van der Waals surface area contributed by atoms with Gasteiger partial charge in [-0.2, -0.15) is 5.10 Å². The summed E-state index contributed by atoms with van der Waals surface area (Å²) in [7, 11) is 2.10. The summed E-state index contributed by atoms with van der Waals surface area (Å²) in [4.78, 5) is 33.3. The molecule has 0 saturated carbocycles. The molecule has 10 nitrogen and oxygen atoms in total. The summed E-state index contributed by atoms with van der Waals surface area (Å²) in [6.07, 6.45) is 1.89. The Morgan fingerprint density at radius 3 is 2.69 bits per heavy atom. The van der Waals surface area contributed by atoms with Crippen LogP contribution in [0, 0.1) is 0 Å². The highest BCUT2D eigenvalue weighted by Gasteiger charge is 2.47. The number of hydrazone groups is 1. The van der Waals surface area contributed by atoms with Crippen LogP contribution in [0.2, 0.25) is 0 Å². The zero-order valence-corrected chi connectivity index (χ0v) is 20.3. The van der Waals surface area contributed by atoms with Gasteiger partial charge in [-0.1, -0.05) is 25.1 Å². The van der Waals surface area contributed by atoms with Gasteiger partial charge in [-0.05, 0) is 19.5 Å². The molecular weight excluding hydrogens is 460 g/mol. The maximum absolute atomic E-state index is 13.6. The van der Waals surface area contributed by atoms with E-state index in [1.165, 1.54) is 0 Å². The number of carbonyl (C=O) groups excluding carboxylic acids is 1. The number of nitrogens with two attached hydrogens (primary N) is 1. The lowest BCUT2D eigenvalue weighted by Crippen LogP contribution is -2.45. The molecule has 3 aromatic rings. The Bertz CT molecular complexity index is 1500. The average Bonchev–Trinajstić information content (AvgIpc) is 3.27. The van der Waals surface area contributed by atoms with Gasteiger partial charge in [0.15, 0.2) is 5.60 Å². The lowest BCUT2D eigenvalue weighted by Gasteiger charge is -2.33. The number of hydrogen-bond acceptors (Lipinski definition) is 9. The van der Waals surface area contributed by atoms with Gasteiger partial charge in [-0.3, -0.25) is 9.80 Å². The van der Waals surface area contributed by atoms with Crippen molar-refractivity contribution in [2.75, 3.05) is 39.0 Å². The van der Waals surface area contributed by atoms with Crippen LogP contribution in [-0.4, -0.2) is 70.0 Å². The molecular formula is C26H28N6O4. The molecule has 1 saturated heterocycles. The minimum Gasteiger partial charge on any atom is -0.458 e. The van der Waals surface area contributed by atoms with Gasteiger partial charge in [0.1, 0.15) is 6.61 Å². The van der Waals surface area contributed by atoms with E-state index in [9.17, 15) is 14.7 Å². The molecule has 0 radical (unpaired) electrons. The second-order valence-corrected chi connectivity index (χ2v) is 9.67. The average molecular weight is 489 g/mol. The number of carbonyl (C=O) groups is 1. The van der Waals surface area contributed by atoms with Crippen molar-refractivity contribution in [2.24, 2.45) is 5.10 Å². The summed E-state index contributed by atoms with van der Waals surface area (Å²) in [6.45, 7) is 5.26. The molecule has 0 amide bonds. The van der Waals surface area contributed by atoms with Gasteiger partial charge < -0.3 is 25.0 Å². The summed E-state index contributed by atoms with van der Waals surface area (Å²) in [5.41, 5.74) is 8.34. The third-order valence-electron chi connectivity index (χ3n) is 7.62. The van der Waals surface area contributed by atoms with Crippen LogP contribution in [0.15, 0.2) is 34.2 Å². The van der Waals surface area contributed by atoms with E-state index in [-0.39, 0.29) is 41.9 Å². The van der Waals surface area contributed by atoms with Crippen molar-refractivity contribution in [1.29, 1.82) is 0 Å². The smallest absolute Gasteiger partial charge is 0.343 e. The van der Waals surface area contributed by atoms with E-state index >= 15 is 0 Å². The third-order valence-corrected chi connectivity index (χ3v) is 7.62. The summed E-state index contributed by atoms with van der Waals surface area (Å²) in [5, 5.41) is 19.0. The van der Waals surface area contributed by atoms with Crippen LogP contribution in [0.25, 0.3) is 22.3 Å². The number of fused-ring (bicyclic) bond motifs is 5. The number of hydrogen-bond donors (Lipinski definition) is 2.